The van der Waals surface area contributed by atoms with Gasteiger partial charge in [0.05, 0.1) is 6.17 Å². The highest BCUT2D eigenvalue weighted by Gasteiger charge is 2.26. The Bertz CT molecular complexity index is 896. The van der Waals surface area contributed by atoms with Crippen LogP contribution in [0.3, 0.4) is 0 Å². The SMILES string of the molecule is CC(C)(C)N/C(=N/C(=O)c1ccc(F)c(F)c1)NC1CC(c2ccccc2)NN1. The largest absolute Gasteiger partial charge is 0.351 e. The van der Waals surface area contributed by atoms with Crippen LogP contribution in [0.2, 0.25) is 0 Å². The van der Waals surface area contributed by atoms with Crippen LogP contribution in [0.15, 0.2) is 53.5 Å². The molecule has 1 amide bonds. The first-order valence-corrected chi connectivity index (χ1v) is 9.40. The van der Waals surface area contributed by atoms with E-state index in [0.717, 1.165) is 17.7 Å². The highest BCUT2D eigenvalue weighted by molar-refractivity contribution is 6.02. The molecule has 0 bridgehead atoms. The highest BCUT2D eigenvalue weighted by Crippen LogP contribution is 2.20. The molecule has 1 aliphatic heterocycles. The number of aliphatic imine (C=N–C) groups is 1. The van der Waals surface area contributed by atoms with E-state index in [1.807, 2.05) is 51.1 Å². The molecule has 2 aromatic rings. The summed E-state index contributed by atoms with van der Waals surface area (Å²) in [6, 6.07) is 13.1. The van der Waals surface area contributed by atoms with E-state index in [0.29, 0.717) is 6.42 Å². The maximum Gasteiger partial charge on any atom is 0.280 e. The first-order chi connectivity index (χ1) is 13.7. The molecule has 0 spiro atoms. The van der Waals surface area contributed by atoms with Crippen LogP contribution in [0.5, 0.6) is 0 Å². The average Bonchev–Trinajstić information content (AvgIpc) is 3.11. The van der Waals surface area contributed by atoms with Crippen molar-refractivity contribution in [3.05, 3.63) is 71.3 Å². The number of nitrogens with one attached hydrogen (secondary N) is 4. The molecule has 1 heterocycles. The summed E-state index contributed by atoms with van der Waals surface area (Å²) in [6.07, 6.45) is 0.528. The molecule has 2 aromatic carbocycles. The molecular weight excluding hydrogens is 376 g/mol. The van der Waals surface area contributed by atoms with Crippen molar-refractivity contribution in [2.24, 2.45) is 4.99 Å². The van der Waals surface area contributed by atoms with Crippen molar-refractivity contribution >= 4 is 11.9 Å². The first-order valence-electron chi connectivity index (χ1n) is 9.40. The molecule has 0 aromatic heterocycles. The number of amides is 1. The van der Waals surface area contributed by atoms with Crippen LogP contribution >= 0.6 is 0 Å². The summed E-state index contributed by atoms with van der Waals surface area (Å²) in [5.41, 5.74) is 7.11. The van der Waals surface area contributed by atoms with E-state index in [4.69, 9.17) is 0 Å². The normalized spacial score (nSPS) is 19.8. The molecule has 0 aliphatic carbocycles. The third-order valence-electron chi connectivity index (χ3n) is 4.29. The number of nitrogens with zero attached hydrogens (tertiary/aromatic N) is 1. The highest BCUT2D eigenvalue weighted by atomic mass is 19.2. The number of guanidine groups is 1. The quantitative estimate of drug-likeness (QED) is 0.470. The van der Waals surface area contributed by atoms with E-state index in [9.17, 15) is 13.6 Å². The lowest BCUT2D eigenvalue weighted by Crippen LogP contribution is -2.54. The summed E-state index contributed by atoms with van der Waals surface area (Å²) in [4.78, 5) is 16.5. The number of hydrogen-bond donors (Lipinski definition) is 4. The minimum atomic E-state index is -1.09. The molecule has 4 N–H and O–H groups in total. The van der Waals surface area contributed by atoms with Gasteiger partial charge in [0.1, 0.15) is 0 Å². The molecule has 2 unspecified atom stereocenters. The monoisotopic (exact) mass is 401 g/mol. The number of rotatable bonds is 3. The van der Waals surface area contributed by atoms with Crippen molar-refractivity contribution < 1.29 is 13.6 Å². The minimum absolute atomic E-state index is 0.0291. The van der Waals surface area contributed by atoms with Crippen LogP contribution in [0.4, 0.5) is 8.78 Å². The number of carbonyl (C=O) groups excluding carboxylic acids is 1. The predicted molar refractivity (Wildman–Crippen MR) is 108 cm³/mol. The number of hydrazine groups is 1. The number of benzene rings is 2. The Balaban J connectivity index is 1.74. The third-order valence-corrected chi connectivity index (χ3v) is 4.29. The maximum absolute atomic E-state index is 13.5. The summed E-state index contributed by atoms with van der Waals surface area (Å²) >= 11 is 0. The van der Waals surface area contributed by atoms with E-state index < -0.39 is 17.5 Å². The van der Waals surface area contributed by atoms with Crippen LogP contribution < -0.4 is 21.5 Å². The van der Waals surface area contributed by atoms with Gasteiger partial charge in [0.25, 0.3) is 5.91 Å². The van der Waals surface area contributed by atoms with Gasteiger partial charge in [-0.2, -0.15) is 4.99 Å². The van der Waals surface area contributed by atoms with Gasteiger partial charge in [-0.25, -0.2) is 19.6 Å². The van der Waals surface area contributed by atoms with Gasteiger partial charge in [0, 0.05) is 23.6 Å². The van der Waals surface area contributed by atoms with Gasteiger partial charge >= 0.3 is 0 Å². The standard InChI is InChI=1S/C21H25F2N5O/c1-21(2,3)26-20(25-19(29)14-9-10-15(22)16(23)11-14)24-18-12-17(27-28-18)13-7-5-4-6-8-13/h4-11,17-18,27-28H,12H2,1-3H3,(H2,24,25,26,29). The molecule has 1 saturated heterocycles. The third kappa shape index (κ3) is 5.82. The summed E-state index contributed by atoms with van der Waals surface area (Å²) < 4.78 is 26.6. The Morgan fingerprint density at radius 1 is 1.07 bits per heavy atom. The van der Waals surface area contributed by atoms with Gasteiger partial charge in [-0.1, -0.05) is 30.3 Å². The summed E-state index contributed by atoms with van der Waals surface area (Å²) in [6.45, 7) is 5.79. The van der Waals surface area contributed by atoms with Crippen molar-refractivity contribution in [1.29, 1.82) is 0 Å². The second kappa shape index (κ2) is 8.67. The molecule has 6 nitrogen and oxygen atoms in total. The van der Waals surface area contributed by atoms with Gasteiger partial charge in [0.15, 0.2) is 11.6 Å². The van der Waals surface area contributed by atoms with E-state index >= 15 is 0 Å². The molecule has 29 heavy (non-hydrogen) atoms. The van der Waals surface area contributed by atoms with Crippen molar-refractivity contribution in [3.63, 3.8) is 0 Å². The second-order valence-electron chi connectivity index (χ2n) is 7.95. The van der Waals surface area contributed by atoms with E-state index in [1.54, 1.807) is 0 Å². The number of halogens is 2. The lowest BCUT2D eigenvalue weighted by Gasteiger charge is -2.25. The second-order valence-corrected chi connectivity index (χ2v) is 7.95. The van der Waals surface area contributed by atoms with Gasteiger partial charge in [-0.3, -0.25) is 4.79 Å². The van der Waals surface area contributed by atoms with Gasteiger partial charge in [0.2, 0.25) is 5.96 Å². The van der Waals surface area contributed by atoms with Crippen molar-refractivity contribution in [2.45, 2.75) is 44.9 Å². The molecular formula is C21H25F2N5O. The van der Waals surface area contributed by atoms with Crippen LogP contribution in [0, 0.1) is 11.6 Å². The molecule has 0 saturated carbocycles. The van der Waals surface area contributed by atoms with Crippen LogP contribution in [-0.4, -0.2) is 23.6 Å². The summed E-state index contributed by atoms with van der Waals surface area (Å²) in [5, 5.41) is 6.32. The Kier molecular flexibility index (Phi) is 6.24. The minimum Gasteiger partial charge on any atom is -0.351 e. The van der Waals surface area contributed by atoms with Gasteiger partial charge < -0.3 is 10.6 Å². The molecule has 2 atom stereocenters. The van der Waals surface area contributed by atoms with Crippen LogP contribution in [0.1, 0.15) is 49.2 Å². The van der Waals surface area contributed by atoms with Crippen molar-refractivity contribution in [2.75, 3.05) is 0 Å². The Hall–Kier alpha value is -2.84. The fourth-order valence-electron chi connectivity index (χ4n) is 2.97. The average molecular weight is 401 g/mol. The molecule has 8 heteroatoms. The van der Waals surface area contributed by atoms with Crippen molar-refractivity contribution in [1.82, 2.24) is 21.5 Å². The molecule has 3 rings (SSSR count). The Morgan fingerprint density at radius 3 is 2.45 bits per heavy atom. The van der Waals surface area contributed by atoms with E-state index in [1.165, 1.54) is 6.07 Å². The molecule has 1 aliphatic rings. The van der Waals surface area contributed by atoms with Crippen LogP contribution in [-0.2, 0) is 0 Å². The van der Waals surface area contributed by atoms with E-state index in [-0.39, 0.29) is 29.3 Å². The van der Waals surface area contributed by atoms with Crippen LogP contribution in [0.25, 0.3) is 0 Å². The fourth-order valence-corrected chi connectivity index (χ4v) is 2.97. The smallest absolute Gasteiger partial charge is 0.280 e. The zero-order valence-electron chi connectivity index (χ0n) is 16.6. The Morgan fingerprint density at radius 2 is 1.79 bits per heavy atom. The zero-order chi connectivity index (χ0) is 21.0. The topological polar surface area (TPSA) is 77.5 Å². The lowest BCUT2D eigenvalue weighted by atomic mass is 10.0. The molecule has 0 radical (unpaired) electrons. The van der Waals surface area contributed by atoms with Crippen molar-refractivity contribution in [3.8, 4) is 0 Å². The lowest BCUT2D eigenvalue weighted by molar-refractivity contribution is 0.100. The predicted octanol–water partition coefficient (Wildman–Crippen LogP) is 3.00. The Labute approximate surface area is 168 Å². The molecule has 1 fully saturated rings. The fraction of sp³-hybridized carbons (Fsp3) is 0.333. The summed E-state index contributed by atoms with van der Waals surface area (Å²) in [7, 11) is 0. The van der Waals surface area contributed by atoms with E-state index in [2.05, 4.69) is 26.5 Å². The number of carbonyl (C=O) groups is 1. The van der Waals surface area contributed by atoms with Gasteiger partial charge in [-0.15, -0.1) is 0 Å². The number of hydrogen-bond acceptors (Lipinski definition) is 3. The zero-order valence-corrected chi connectivity index (χ0v) is 16.6. The molecule has 154 valence electrons. The first kappa shape index (κ1) is 20.9. The maximum atomic E-state index is 13.5. The van der Waals surface area contributed by atoms with Gasteiger partial charge in [-0.05, 0) is 44.5 Å². The summed E-state index contributed by atoms with van der Waals surface area (Å²) in [5.74, 6) is -2.52.